The van der Waals surface area contributed by atoms with E-state index in [9.17, 15) is 48.8 Å². The Balaban J connectivity index is 1.11. The Hall–Kier alpha value is -3.00. The van der Waals surface area contributed by atoms with E-state index in [-0.39, 0.29) is 37.8 Å². The summed E-state index contributed by atoms with van der Waals surface area (Å²) in [7, 11) is -3.21. The largest absolute Gasteiger partial charge is 0.480 e. The molecule has 0 radical (unpaired) electrons. The molecule has 10 N–H and O–H groups in total. The third-order valence-electron chi connectivity index (χ3n) is 17.3. The summed E-state index contributed by atoms with van der Waals surface area (Å²) in [6.07, 6.45) is 7.39. The maximum Gasteiger partial charge on any atom is 0.472 e. The molecule has 16 atom stereocenters. The van der Waals surface area contributed by atoms with Crippen LogP contribution in [0.15, 0.2) is 11.6 Å². The van der Waals surface area contributed by atoms with E-state index < -0.39 is 98.8 Å². The van der Waals surface area contributed by atoms with E-state index in [1.807, 2.05) is 0 Å². The molecule has 3 saturated carbocycles. The highest BCUT2D eigenvalue weighted by molar-refractivity contribution is 7.47. The van der Waals surface area contributed by atoms with E-state index in [0.29, 0.717) is 30.1 Å². The first-order valence-electron chi connectivity index (χ1n) is 25.4. The number of amides is 4. The molecule has 19 nitrogen and oxygen atoms in total. The van der Waals surface area contributed by atoms with Gasteiger partial charge in [-0.25, -0.2) is 9.36 Å². The number of primary amides is 1. The van der Waals surface area contributed by atoms with Gasteiger partial charge in [-0.3, -0.25) is 28.2 Å². The molecule has 2 unspecified atom stereocenters. The van der Waals surface area contributed by atoms with E-state index in [4.69, 9.17) is 30.0 Å². The van der Waals surface area contributed by atoms with Gasteiger partial charge in [0.25, 0.3) is 0 Å². The van der Waals surface area contributed by atoms with Crippen LogP contribution in [0.4, 0.5) is 0 Å². The number of phosphoric ester groups is 1. The fraction of sp³-hybridized carbons (Fsp3) is 0.857. The van der Waals surface area contributed by atoms with Gasteiger partial charge < -0.3 is 56.7 Å². The third kappa shape index (κ3) is 12.8. The van der Waals surface area contributed by atoms with Crippen molar-refractivity contribution in [1.82, 2.24) is 15.5 Å². The molecule has 394 valence electrons. The van der Waals surface area contributed by atoms with Gasteiger partial charge in [0.2, 0.25) is 23.6 Å². The topological polar surface area (TPSA) is 300 Å². The normalized spacial score (nSPS) is 34.7. The Morgan fingerprint density at radius 3 is 2.41 bits per heavy atom. The number of likely N-dealkylation sites (N-methyl/N-ethyl adjacent to an activating group) is 1. The molecule has 1 aliphatic heterocycles. The molecule has 0 spiro atoms. The zero-order valence-electron chi connectivity index (χ0n) is 42.2. The maximum absolute atomic E-state index is 14.2. The number of aliphatic hydroxyl groups is 2. The van der Waals surface area contributed by atoms with Crippen LogP contribution in [0.1, 0.15) is 138 Å². The highest BCUT2D eigenvalue weighted by Gasteiger charge is 2.60. The number of nitrogens with zero attached hydrogens (tertiary/aromatic N) is 1. The number of carbonyl (C=O) groups is 5. The first-order valence-corrected chi connectivity index (χ1v) is 26.9. The number of rotatable bonds is 24. The quantitative estimate of drug-likeness (QED) is 0.0386. The average molecular weight is 998 g/mol. The summed E-state index contributed by atoms with van der Waals surface area (Å²) in [6, 6.07) is -2.89. The second-order valence-corrected chi connectivity index (χ2v) is 23.3. The van der Waals surface area contributed by atoms with Crippen LogP contribution in [0.2, 0.25) is 0 Å². The summed E-state index contributed by atoms with van der Waals surface area (Å²) >= 11 is 0. The molecule has 4 fully saturated rings. The Morgan fingerprint density at radius 1 is 1.06 bits per heavy atom. The minimum atomic E-state index is -4.50. The van der Waals surface area contributed by atoms with Crippen molar-refractivity contribution < 1.29 is 67.3 Å². The molecule has 5 rings (SSSR count). The molecule has 5 aliphatic rings. The van der Waals surface area contributed by atoms with E-state index in [2.05, 4.69) is 51.3 Å². The number of nitrogens with two attached hydrogens (primary N) is 2. The predicted molar refractivity (Wildman–Crippen MR) is 256 cm³/mol. The number of carboxylic acids is 1. The molecule has 20 heteroatoms. The van der Waals surface area contributed by atoms with E-state index in [0.717, 1.165) is 41.4 Å². The maximum atomic E-state index is 14.2. The van der Waals surface area contributed by atoms with Crippen LogP contribution >= 0.6 is 7.82 Å². The number of hydrogen-bond acceptors (Lipinski definition) is 13. The van der Waals surface area contributed by atoms with Gasteiger partial charge in [0.15, 0.2) is 0 Å². The lowest BCUT2D eigenvalue weighted by Gasteiger charge is -2.58. The van der Waals surface area contributed by atoms with Gasteiger partial charge in [0.05, 0.1) is 25.4 Å². The molecule has 0 aromatic heterocycles. The molecule has 0 bridgehead atoms. The lowest BCUT2D eigenvalue weighted by atomic mass is 9.47. The van der Waals surface area contributed by atoms with Crippen molar-refractivity contribution in [2.75, 3.05) is 33.4 Å². The van der Waals surface area contributed by atoms with Crippen LogP contribution < -0.4 is 22.1 Å². The van der Waals surface area contributed by atoms with Gasteiger partial charge in [-0.1, -0.05) is 72.5 Å². The number of ether oxygens (including phenoxy) is 2. The molecule has 69 heavy (non-hydrogen) atoms. The number of phosphoric acid groups is 1. The molecule has 1 heterocycles. The van der Waals surface area contributed by atoms with Crippen molar-refractivity contribution in [3.63, 3.8) is 0 Å². The Morgan fingerprint density at radius 2 is 1.77 bits per heavy atom. The fourth-order valence-electron chi connectivity index (χ4n) is 13.2. The molecular formula is C49H84N5O14P. The van der Waals surface area contributed by atoms with Crippen LogP contribution in [-0.2, 0) is 47.1 Å². The van der Waals surface area contributed by atoms with Crippen LogP contribution in [0.25, 0.3) is 0 Å². The van der Waals surface area contributed by atoms with Crippen molar-refractivity contribution in [3.8, 4) is 0 Å². The van der Waals surface area contributed by atoms with Crippen molar-refractivity contribution in [2.45, 2.75) is 187 Å². The number of hydrogen-bond donors (Lipinski definition) is 8. The number of carbonyl (C=O) groups excluding carboxylic acids is 4. The van der Waals surface area contributed by atoms with Gasteiger partial charge in [0, 0.05) is 26.4 Å². The Kier molecular flexibility index (Phi) is 19.5. The number of aliphatic hydroxyl groups excluding tert-OH is 2. The Bertz CT molecular complexity index is 1910. The highest BCUT2D eigenvalue weighted by atomic mass is 31.2. The van der Waals surface area contributed by atoms with Crippen molar-refractivity contribution >= 4 is 37.4 Å². The van der Waals surface area contributed by atoms with E-state index >= 15 is 0 Å². The number of nitrogens with one attached hydrogen (secondary N) is 2. The molecular weight excluding hydrogens is 914 g/mol. The Labute approximate surface area is 408 Å². The van der Waals surface area contributed by atoms with Crippen LogP contribution in [0, 0.1) is 46.3 Å². The molecule has 0 aromatic carbocycles. The smallest absolute Gasteiger partial charge is 0.472 e. The lowest BCUT2D eigenvalue weighted by Crippen LogP contribution is -2.75. The molecule has 4 aliphatic carbocycles. The van der Waals surface area contributed by atoms with Gasteiger partial charge in [-0.15, -0.1) is 0 Å². The zero-order valence-corrected chi connectivity index (χ0v) is 43.1. The predicted octanol–water partition coefficient (Wildman–Crippen LogP) is 3.94. The van der Waals surface area contributed by atoms with Gasteiger partial charge in [-0.2, -0.15) is 0 Å². The summed E-state index contributed by atoms with van der Waals surface area (Å²) in [5, 5.41) is 35.0. The third-order valence-corrected chi connectivity index (χ3v) is 18.3. The summed E-state index contributed by atoms with van der Waals surface area (Å²) in [5.41, 5.74) is 11.8. The van der Waals surface area contributed by atoms with Gasteiger partial charge in [0.1, 0.15) is 42.6 Å². The minimum Gasteiger partial charge on any atom is -0.480 e. The number of carboxylic acid groups (broad SMARTS) is 1. The number of aliphatic carboxylic acids is 1. The van der Waals surface area contributed by atoms with E-state index in [1.54, 1.807) is 0 Å². The average Bonchev–Trinajstić information content (AvgIpc) is 3.65. The number of allylic oxidation sites excluding steroid dienone is 1. The second kappa shape index (κ2) is 23.7. The SMILES string of the molecule is CCC(=O)N(C)[C@@](C)(C(=O)N[C@@H](CCC(=O)NCCOP(=O)(O)O[C@H]1CC[C@@]2(C)C(=CC[C@H]3[C@@H]4CC[C@H]([C@H](C)CCCC(C)C)[C@@]4(C)CC[C@@H]32)C1)C(N)=O)C1O[C@H](CO)[C@@H](O)[C@H](OCC(=O)O)[C@H]1N. The molecule has 0 aromatic rings. The van der Waals surface area contributed by atoms with Crippen LogP contribution in [0.5, 0.6) is 0 Å². The second-order valence-electron chi connectivity index (χ2n) is 21.8. The summed E-state index contributed by atoms with van der Waals surface area (Å²) in [6.45, 7) is 12.8. The van der Waals surface area contributed by atoms with Crippen molar-refractivity contribution in [2.24, 2.45) is 57.8 Å². The molecule has 1 saturated heterocycles. The van der Waals surface area contributed by atoms with Crippen LogP contribution in [-0.4, -0.2) is 136 Å². The standard InChI is InChI=1S/C49H84N5O14P/c1-9-39(57)54(8)49(7,44-41(50)43(65-27-40(58)59)42(60)37(26-55)67-44)46(62)53-36(45(51)61)17-18-38(56)52-23-24-66-69(63,64)68-31-19-21-47(5)30(25-31)13-14-32-34-16-15-33(29(4)12-10-11-28(2)3)48(34,6)22-20-35(32)47/h13,28-29,31-37,41-44,55,60H,9-12,14-27,50H2,1-8H3,(H2,51,61)(H,52,56)(H,53,62)(H,58,59)(H,63,64)/t29-,31+,32+,33-,34+,35+,36+,37-,41-,42-,43-,44?,47+,48-,49-/m1/s1. The van der Waals surface area contributed by atoms with Crippen molar-refractivity contribution in [3.05, 3.63) is 11.6 Å². The fourth-order valence-corrected chi connectivity index (χ4v) is 14.2. The zero-order chi connectivity index (χ0) is 51.2. The van der Waals surface area contributed by atoms with Gasteiger partial charge in [-0.05, 0) is 111 Å². The summed E-state index contributed by atoms with van der Waals surface area (Å²) in [4.78, 5) is 75.9. The first-order chi connectivity index (χ1) is 32.3. The highest BCUT2D eigenvalue weighted by Crippen LogP contribution is 2.68. The minimum absolute atomic E-state index is 0.0332. The monoisotopic (exact) mass is 998 g/mol. The molecule has 4 amide bonds. The van der Waals surface area contributed by atoms with Crippen molar-refractivity contribution in [1.29, 1.82) is 0 Å². The summed E-state index contributed by atoms with van der Waals surface area (Å²) in [5.74, 6) is -0.275. The van der Waals surface area contributed by atoms with Gasteiger partial charge >= 0.3 is 13.8 Å². The van der Waals surface area contributed by atoms with Crippen LogP contribution in [0.3, 0.4) is 0 Å². The van der Waals surface area contributed by atoms with E-state index in [1.165, 1.54) is 71.4 Å². The summed E-state index contributed by atoms with van der Waals surface area (Å²) < 4.78 is 35.4. The lowest BCUT2D eigenvalue weighted by molar-refractivity contribution is -0.228. The first kappa shape index (κ1) is 56.9. The number of fused-ring (bicyclic) bond motifs is 5.